The fourth-order valence-corrected chi connectivity index (χ4v) is 2.46. The molecule has 1 fully saturated rings. The van der Waals surface area contributed by atoms with Gasteiger partial charge in [-0.25, -0.2) is 14.0 Å². The van der Waals surface area contributed by atoms with E-state index in [2.05, 4.69) is 5.32 Å². The lowest BCUT2D eigenvalue weighted by Gasteiger charge is -2.31. The first-order valence-electron chi connectivity index (χ1n) is 6.43. The second kappa shape index (κ2) is 5.11. The van der Waals surface area contributed by atoms with Gasteiger partial charge in [0.05, 0.1) is 0 Å². The van der Waals surface area contributed by atoms with Gasteiger partial charge in [0.25, 0.3) is 0 Å². The molecule has 1 aliphatic rings. The van der Waals surface area contributed by atoms with Crippen LogP contribution in [0, 0.1) is 12.7 Å². The standard InChI is InChI=1S/C14H17FN2O3/c1-9-8-10(15)4-5-11(9)16-13(20)17-7-3-6-14(17,2)12(18)19/h4-5,8H,3,6-7H2,1-2H3,(H,16,20)(H,18,19). The largest absolute Gasteiger partial charge is 0.480 e. The van der Waals surface area contributed by atoms with Crippen LogP contribution in [0.25, 0.3) is 0 Å². The van der Waals surface area contributed by atoms with Gasteiger partial charge in [0, 0.05) is 12.2 Å². The summed E-state index contributed by atoms with van der Waals surface area (Å²) in [6, 6.07) is 3.57. The molecule has 0 saturated carbocycles. The van der Waals surface area contributed by atoms with E-state index in [1.165, 1.54) is 23.1 Å². The predicted molar refractivity (Wildman–Crippen MR) is 72.1 cm³/mol. The first-order chi connectivity index (χ1) is 9.34. The zero-order valence-electron chi connectivity index (χ0n) is 11.4. The number of urea groups is 1. The molecule has 0 aliphatic carbocycles. The number of carbonyl (C=O) groups excluding carboxylic acids is 1. The molecular weight excluding hydrogens is 263 g/mol. The number of benzene rings is 1. The number of carboxylic acids is 1. The first kappa shape index (κ1) is 14.3. The number of carbonyl (C=O) groups is 2. The zero-order chi connectivity index (χ0) is 14.9. The number of halogens is 1. The average Bonchev–Trinajstić information content (AvgIpc) is 2.76. The minimum atomic E-state index is -1.18. The van der Waals surface area contributed by atoms with Crippen molar-refractivity contribution in [2.75, 3.05) is 11.9 Å². The minimum Gasteiger partial charge on any atom is -0.480 e. The van der Waals surface area contributed by atoms with E-state index in [9.17, 15) is 19.1 Å². The summed E-state index contributed by atoms with van der Waals surface area (Å²) in [4.78, 5) is 24.9. The van der Waals surface area contributed by atoms with E-state index < -0.39 is 17.5 Å². The van der Waals surface area contributed by atoms with Gasteiger partial charge < -0.3 is 15.3 Å². The quantitative estimate of drug-likeness (QED) is 0.874. The molecule has 0 spiro atoms. The third-order valence-corrected chi connectivity index (χ3v) is 3.78. The molecule has 1 aromatic rings. The number of anilines is 1. The van der Waals surface area contributed by atoms with E-state index in [-0.39, 0.29) is 5.82 Å². The van der Waals surface area contributed by atoms with Crippen molar-refractivity contribution >= 4 is 17.7 Å². The van der Waals surface area contributed by atoms with Crippen LogP contribution < -0.4 is 5.32 Å². The molecule has 0 radical (unpaired) electrons. The molecule has 5 nitrogen and oxygen atoms in total. The van der Waals surface area contributed by atoms with Crippen molar-refractivity contribution in [2.45, 2.75) is 32.2 Å². The molecule has 2 amide bonds. The van der Waals surface area contributed by atoms with Gasteiger partial charge in [-0.1, -0.05) is 0 Å². The Labute approximate surface area is 116 Å². The normalized spacial score (nSPS) is 21.9. The van der Waals surface area contributed by atoms with Crippen LogP contribution in [0.3, 0.4) is 0 Å². The molecule has 2 N–H and O–H groups in total. The Balaban J connectivity index is 2.18. The van der Waals surface area contributed by atoms with Gasteiger partial charge in [-0.15, -0.1) is 0 Å². The molecule has 1 atom stereocenters. The van der Waals surface area contributed by atoms with Crippen LogP contribution in [0.4, 0.5) is 14.9 Å². The molecule has 2 rings (SSSR count). The summed E-state index contributed by atoms with van der Waals surface area (Å²) in [5, 5.41) is 11.9. The van der Waals surface area contributed by atoms with Gasteiger partial charge in [0.1, 0.15) is 11.4 Å². The topological polar surface area (TPSA) is 69.6 Å². The number of hydrogen-bond donors (Lipinski definition) is 2. The fraction of sp³-hybridized carbons (Fsp3) is 0.429. The Morgan fingerprint density at radius 2 is 2.15 bits per heavy atom. The van der Waals surface area contributed by atoms with E-state index in [0.717, 1.165) is 0 Å². The van der Waals surface area contributed by atoms with E-state index in [0.29, 0.717) is 30.6 Å². The smallest absolute Gasteiger partial charge is 0.329 e. The molecule has 1 aromatic carbocycles. The summed E-state index contributed by atoms with van der Waals surface area (Å²) in [6.45, 7) is 3.62. The summed E-state index contributed by atoms with van der Waals surface area (Å²) in [6.07, 6.45) is 1.08. The van der Waals surface area contributed by atoms with Crippen LogP contribution in [0.15, 0.2) is 18.2 Å². The number of aliphatic carboxylic acids is 1. The van der Waals surface area contributed by atoms with Crippen molar-refractivity contribution in [3.63, 3.8) is 0 Å². The maximum atomic E-state index is 13.0. The van der Waals surface area contributed by atoms with Gasteiger partial charge in [-0.2, -0.15) is 0 Å². The summed E-state index contributed by atoms with van der Waals surface area (Å²) >= 11 is 0. The molecule has 1 heterocycles. The predicted octanol–water partition coefficient (Wildman–Crippen LogP) is 2.61. The SMILES string of the molecule is Cc1cc(F)ccc1NC(=O)N1CCCC1(C)C(=O)O. The van der Waals surface area contributed by atoms with Gasteiger partial charge in [-0.05, 0) is 50.5 Å². The number of carboxylic acid groups (broad SMARTS) is 1. The number of likely N-dealkylation sites (tertiary alicyclic amines) is 1. The van der Waals surface area contributed by atoms with Crippen molar-refractivity contribution in [3.8, 4) is 0 Å². The second-order valence-corrected chi connectivity index (χ2v) is 5.22. The van der Waals surface area contributed by atoms with Gasteiger partial charge >= 0.3 is 12.0 Å². The van der Waals surface area contributed by atoms with Crippen molar-refractivity contribution in [2.24, 2.45) is 0 Å². The number of rotatable bonds is 2. The van der Waals surface area contributed by atoms with Gasteiger partial charge in [-0.3, -0.25) is 0 Å². The highest BCUT2D eigenvalue weighted by Crippen LogP contribution is 2.30. The van der Waals surface area contributed by atoms with Crippen LogP contribution in [0.5, 0.6) is 0 Å². The van der Waals surface area contributed by atoms with Crippen LogP contribution >= 0.6 is 0 Å². The monoisotopic (exact) mass is 280 g/mol. The van der Waals surface area contributed by atoms with Crippen molar-refractivity contribution in [1.29, 1.82) is 0 Å². The average molecular weight is 280 g/mol. The van der Waals surface area contributed by atoms with Crippen LogP contribution in [-0.4, -0.2) is 34.1 Å². The Kier molecular flexibility index (Phi) is 3.65. The van der Waals surface area contributed by atoms with Crippen molar-refractivity contribution in [3.05, 3.63) is 29.6 Å². The van der Waals surface area contributed by atoms with E-state index in [1.807, 2.05) is 0 Å². The van der Waals surface area contributed by atoms with Crippen LogP contribution in [0.2, 0.25) is 0 Å². The molecule has 20 heavy (non-hydrogen) atoms. The van der Waals surface area contributed by atoms with Crippen LogP contribution in [-0.2, 0) is 4.79 Å². The molecule has 108 valence electrons. The molecule has 1 unspecified atom stereocenters. The highest BCUT2D eigenvalue weighted by Gasteiger charge is 2.46. The number of aryl methyl sites for hydroxylation is 1. The number of nitrogens with one attached hydrogen (secondary N) is 1. The molecule has 0 bridgehead atoms. The number of hydrogen-bond acceptors (Lipinski definition) is 2. The van der Waals surface area contributed by atoms with Crippen molar-refractivity contribution < 1.29 is 19.1 Å². The third kappa shape index (κ3) is 2.45. The number of amides is 2. The Morgan fingerprint density at radius 3 is 2.75 bits per heavy atom. The summed E-state index contributed by atoms with van der Waals surface area (Å²) in [5.74, 6) is -1.39. The first-order valence-corrected chi connectivity index (χ1v) is 6.43. The van der Waals surface area contributed by atoms with E-state index in [4.69, 9.17) is 0 Å². The van der Waals surface area contributed by atoms with E-state index >= 15 is 0 Å². The second-order valence-electron chi connectivity index (χ2n) is 5.22. The fourth-order valence-electron chi connectivity index (χ4n) is 2.46. The van der Waals surface area contributed by atoms with Gasteiger partial charge in [0.2, 0.25) is 0 Å². The van der Waals surface area contributed by atoms with Crippen LogP contribution in [0.1, 0.15) is 25.3 Å². The maximum Gasteiger partial charge on any atom is 0.329 e. The Morgan fingerprint density at radius 1 is 1.45 bits per heavy atom. The lowest BCUT2D eigenvalue weighted by molar-refractivity contribution is -0.146. The minimum absolute atomic E-state index is 0.378. The van der Waals surface area contributed by atoms with Crippen molar-refractivity contribution in [1.82, 2.24) is 4.90 Å². The maximum absolute atomic E-state index is 13.0. The highest BCUT2D eigenvalue weighted by molar-refractivity contribution is 5.94. The highest BCUT2D eigenvalue weighted by atomic mass is 19.1. The zero-order valence-corrected chi connectivity index (χ0v) is 11.4. The lowest BCUT2D eigenvalue weighted by atomic mass is 10.00. The molecule has 6 heteroatoms. The molecule has 0 aromatic heterocycles. The summed E-state index contributed by atoms with van der Waals surface area (Å²) in [5.41, 5.74) is -0.108. The molecular formula is C14H17FN2O3. The van der Waals surface area contributed by atoms with E-state index in [1.54, 1.807) is 13.8 Å². The third-order valence-electron chi connectivity index (χ3n) is 3.78. The number of nitrogens with zero attached hydrogens (tertiary/aromatic N) is 1. The Hall–Kier alpha value is -2.11. The molecule has 1 aliphatic heterocycles. The molecule has 1 saturated heterocycles. The Bertz CT molecular complexity index is 561. The summed E-state index contributed by atoms with van der Waals surface area (Å²) < 4.78 is 13.0. The lowest BCUT2D eigenvalue weighted by Crippen LogP contribution is -2.52. The summed E-state index contributed by atoms with van der Waals surface area (Å²) in [7, 11) is 0. The van der Waals surface area contributed by atoms with Gasteiger partial charge in [0.15, 0.2) is 0 Å².